The predicted octanol–water partition coefficient (Wildman–Crippen LogP) is 2.08. The summed E-state index contributed by atoms with van der Waals surface area (Å²) < 4.78 is 5.12. The maximum atomic E-state index is 12.8. The Balaban J connectivity index is 1.71. The molecule has 1 aromatic rings. The van der Waals surface area contributed by atoms with E-state index in [1.54, 1.807) is 32.6 Å². The number of aliphatic carboxylic acids is 1. The summed E-state index contributed by atoms with van der Waals surface area (Å²) in [6.45, 7) is 0.324. The standard InChI is InChI=1S/C17H22N2O4/c1-19(9-12-6-13(23-2)8-18-7-12)14(20)17(15(21)22)10-16(11-17)4-3-5-16/h6-8H,3-5,9-11H2,1-2H3,(H,21,22). The molecule has 2 fully saturated rings. The van der Waals surface area contributed by atoms with Crippen LogP contribution in [0, 0.1) is 10.8 Å². The van der Waals surface area contributed by atoms with Crippen molar-refractivity contribution in [2.24, 2.45) is 10.8 Å². The minimum atomic E-state index is -1.23. The first kappa shape index (κ1) is 15.8. The number of hydrogen-bond acceptors (Lipinski definition) is 4. The van der Waals surface area contributed by atoms with E-state index in [0.717, 1.165) is 24.8 Å². The molecule has 1 heterocycles. The number of amides is 1. The van der Waals surface area contributed by atoms with Crippen molar-refractivity contribution in [2.45, 2.75) is 38.6 Å². The molecule has 6 nitrogen and oxygen atoms in total. The van der Waals surface area contributed by atoms with Crippen molar-refractivity contribution in [3.8, 4) is 5.75 Å². The molecule has 0 bridgehead atoms. The normalized spacial score (nSPS) is 20.3. The van der Waals surface area contributed by atoms with Gasteiger partial charge in [0.25, 0.3) is 0 Å². The summed E-state index contributed by atoms with van der Waals surface area (Å²) in [4.78, 5) is 30.1. The van der Waals surface area contributed by atoms with E-state index in [4.69, 9.17) is 4.74 Å². The lowest BCUT2D eigenvalue weighted by molar-refractivity contribution is -0.186. The van der Waals surface area contributed by atoms with Crippen molar-refractivity contribution in [2.75, 3.05) is 14.2 Å². The van der Waals surface area contributed by atoms with Crippen LogP contribution in [-0.4, -0.2) is 41.0 Å². The van der Waals surface area contributed by atoms with E-state index in [0.29, 0.717) is 25.1 Å². The Morgan fingerprint density at radius 2 is 2.04 bits per heavy atom. The first-order chi connectivity index (χ1) is 10.9. The Morgan fingerprint density at radius 3 is 2.57 bits per heavy atom. The van der Waals surface area contributed by atoms with E-state index >= 15 is 0 Å². The zero-order chi connectivity index (χ0) is 16.7. The fourth-order valence-electron chi connectivity index (χ4n) is 4.03. The zero-order valence-electron chi connectivity index (χ0n) is 13.5. The summed E-state index contributed by atoms with van der Waals surface area (Å²) in [6, 6.07) is 1.80. The van der Waals surface area contributed by atoms with Crippen LogP contribution in [0.2, 0.25) is 0 Å². The molecule has 2 aliphatic carbocycles. The third-order valence-electron chi connectivity index (χ3n) is 5.36. The third-order valence-corrected chi connectivity index (χ3v) is 5.36. The van der Waals surface area contributed by atoms with Crippen LogP contribution in [0.4, 0.5) is 0 Å². The fraction of sp³-hybridized carbons (Fsp3) is 0.588. The number of rotatable bonds is 5. The molecule has 1 amide bonds. The number of carbonyl (C=O) groups is 2. The molecule has 0 radical (unpaired) electrons. The Labute approximate surface area is 135 Å². The highest BCUT2D eigenvalue weighted by molar-refractivity contribution is 6.03. The van der Waals surface area contributed by atoms with Gasteiger partial charge in [0.2, 0.25) is 5.91 Å². The van der Waals surface area contributed by atoms with E-state index in [1.165, 1.54) is 4.90 Å². The molecule has 6 heteroatoms. The van der Waals surface area contributed by atoms with Crippen LogP contribution in [0.5, 0.6) is 5.75 Å². The number of methoxy groups -OCH3 is 1. The molecule has 3 rings (SSSR count). The Morgan fingerprint density at radius 1 is 1.35 bits per heavy atom. The molecule has 0 aromatic carbocycles. The van der Waals surface area contributed by atoms with Gasteiger partial charge in [-0.2, -0.15) is 0 Å². The molecule has 0 unspecified atom stereocenters. The van der Waals surface area contributed by atoms with Crippen LogP contribution >= 0.6 is 0 Å². The summed E-state index contributed by atoms with van der Waals surface area (Å²) in [5.74, 6) is -0.672. The monoisotopic (exact) mass is 318 g/mol. The zero-order valence-corrected chi connectivity index (χ0v) is 13.5. The van der Waals surface area contributed by atoms with Gasteiger partial charge in [-0.3, -0.25) is 14.6 Å². The summed E-state index contributed by atoms with van der Waals surface area (Å²) >= 11 is 0. The lowest BCUT2D eigenvalue weighted by Crippen LogP contribution is -2.61. The SMILES string of the molecule is COc1cncc(CN(C)C(=O)C2(C(=O)O)CC3(CCC3)C2)c1. The number of carboxylic acids is 1. The maximum absolute atomic E-state index is 12.8. The predicted molar refractivity (Wildman–Crippen MR) is 82.8 cm³/mol. The molecule has 1 aromatic heterocycles. The summed E-state index contributed by atoms with van der Waals surface area (Å²) in [5, 5.41) is 9.62. The van der Waals surface area contributed by atoms with Gasteiger partial charge in [-0.25, -0.2) is 0 Å². The van der Waals surface area contributed by atoms with Gasteiger partial charge in [-0.1, -0.05) is 6.42 Å². The smallest absolute Gasteiger partial charge is 0.319 e. The van der Waals surface area contributed by atoms with Gasteiger partial charge in [0.1, 0.15) is 11.2 Å². The Kier molecular flexibility index (Phi) is 3.78. The highest BCUT2D eigenvalue weighted by atomic mass is 16.5. The maximum Gasteiger partial charge on any atom is 0.319 e. The number of carboxylic acid groups (broad SMARTS) is 1. The highest BCUT2D eigenvalue weighted by Crippen LogP contribution is 2.65. The molecule has 1 spiro atoms. The Hall–Kier alpha value is -2.11. The second-order valence-corrected chi connectivity index (χ2v) is 6.99. The van der Waals surface area contributed by atoms with E-state index in [9.17, 15) is 14.7 Å². The Bertz CT molecular complexity index is 631. The minimum absolute atomic E-state index is 0.117. The molecule has 0 aliphatic heterocycles. The number of ether oxygens (including phenoxy) is 1. The summed E-state index contributed by atoms with van der Waals surface area (Å²) in [5.41, 5.74) is -0.299. The lowest BCUT2D eigenvalue weighted by Gasteiger charge is -2.58. The minimum Gasteiger partial charge on any atom is -0.495 e. The van der Waals surface area contributed by atoms with E-state index in [1.807, 2.05) is 0 Å². The van der Waals surface area contributed by atoms with E-state index < -0.39 is 11.4 Å². The van der Waals surface area contributed by atoms with Crippen molar-refractivity contribution >= 4 is 11.9 Å². The van der Waals surface area contributed by atoms with Crippen molar-refractivity contribution in [1.82, 2.24) is 9.88 Å². The van der Waals surface area contributed by atoms with Crippen LogP contribution in [0.15, 0.2) is 18.5 Å². The van der Waals surface area contributed by atoms with Gasteiger partial charge in [-0.15, -0.1) is 0 Å². The van der Waals surface area contributed by atoms with E-state index in [-0.39, 0.29) is 11.3 Å². The number of aromatic nitrogens is 1. The van der Waals surface area contributed by atoms with Gasteiger partial charge in [-0.05, 0) is 42.7 Å². The number of nitrogens with zero attached hydrogens (tertiary/aromatic N) is 2. The summed E-state index contributed by atoms with van der Waals surface area (Å²) in [7, 11) is 3.21. The number of carbonyl (C=O) groups excluding carboxylic acids is 1. The van der Waals surface area contributed by atoms with E-state index in [2.05, 4.69) is 4.98 Å². The van der Waals surface area contributed by atoms with Crippen LogP contribution < -0.4 is 4.74 Å². The van der Waals surface area contributed by atoms with Crippen LogP contribution in [0.1, 0.15) is 37.7 Å². The molecule has 0 saturated heterocycles. The van der Waals surface area contributed by atoms with Crippen molar-refractivity contribution in [3.05, 3.63) is 24.0 Å². The first-order valence-corrected chi connectivity index (χ1v) is 7.88. The number of hydrogen-bond donors (Lipinski definition) is 1. The van der Waals surface area contributed by atoms with Crippen molar-refractivity contribution in [1.29, 1.82) is 0 Å². The van der Waals surface area contributed by atoms with Gasteiger partial charge >= 0.3 is 5.97 Å². The van der Waals surface area contributed by atoms with Crippen LogP contribution in [0.25, 0.3) is 0 Å². The topological polar surface area (TPSA) is 79.7 Å². The molecule has 2 saturated carbocycles. The average molecular weight is 318 g/mol. The van der Waals surface area contributed by atoms with Gasteiger partial charge in [0.15, 0.2) is 0 Å². The molecule has 124 valence electrons. The fourth-order valence-corrected chi connectivity index (χ4v) is 4.03. The quantitative estimate of drug-likeness (QED) is 0.841. The molecule has 0 atom stereocenters. The summed E-state index contributed by atoms with van der Waals surface area (Å²) in [6.07, 6.45) is 7.47. The lowest BCUT2D eigenvalue weighted by atomic mass is 9.45. The third kappa shape index (κ3) is 2.56. The van der Waals surface area contributed by atoms with Crippen LogP contribution in [-0.2, 0) is 16.1 Å². The van der Waals surface area contributed by atoms with Gasteiger partial charge < -0.3 is 14.7 Å². The van der Waals surface area contributed by atoms with Gasteiger partial charge in [0.05, 0.1) is 13.3 Å². The molecular weight excluding hydrogens is 296 g/mol. The van der Waals surface area contributed by atoms with Crippen molar-refractivity contribution < 1.29 is 19.4 Å². The average Bonchev–Trinajstić information content (AvgIpc) is 2.44. The van der Waals surface area contributed by atoms with Crippen LogP contribution in [0.3, 0.4) is 0 Å². The highest BCUT2D eigenvalue weighted by Gasteiger charge is 2.65. The second-order valence-electron chi connectivity index (χ2n) is 6.99. The molecular formula is C17H22N2O4. The molecule has 1 N–H and O–H groups in total. The molecule has 2 aliphatic rings. The van der Waals surface area contributed by atoms with Gasteiger partial charge in [0, 0.05) is 19.8 Å². The largest absolute Gasteiger partial charge is 0.495 e. The molecule has 23 heavy (non-hydrogen) atoms. The number of pyridine rings is 1. The first-order valence-electron chi connectivity index (χ1n) is 7.88. The van der Waals surface area contributed by atoms with Crippen molar-refractivity contribution in [3.63, 3.8) is 0 Å². The second kappa shape index (κ2) is 5.51.